The number of nitrogens with zero attached hydrogens (tertiary/aromatic N) is 2. The fourth-order valence-corrected chi connectivity index (χ4v) is 3.49. The van der Waals surface area contributed by atoms with Crippen molar-refractivity contribution in [3.63, 3.8) is 0 Å². The Bertz CT molecular complexity index is 798. The summed E-state index contributed by atoms with van der Waals surface area (Å²) in [5, 5.41) is 0.506. The minimum absolute atomic E-state index is 0.112. The number of amides is 1. The lowest BCUT2D eigenvalue weighted by Gasteiger charge is -2.26. The van der Waals surface area contributed by atoms with Crippen LogP contribution in [0, 0.1) is 0 Å². The fraction of sp³-hybridized carbons (Fsp3) is 0.444. The number of ether oxygens (including phenoxy) is 2. The van der Waals surface area contributed by atoms with E-state index in [2.05, 4.69) is 4.98 Å². The molecule has 1 aromatic carbocycles. The highest BCUT2D eigenvalue weighted by molar-refractivity contribution is 6.31. The van der Waals surface area contributed by atoms with Crippen molar-refractivity contribution in [3.05, 3.63) is 46.1 Å². The number of halogens is 1. The predicted molar refractivity (Wildman–Crippen MR) is 91.1 cm³/mol. The molecule has 2 aromatic rings. The van der Waals surface area contributed by atoms with E-state index >= 15 is 0 Å². The molecule has 1 saturated heterocycles. The zero-order chi connectivity index (χ0) is 17.4. The Hall–Kier alpha value is -2.05. The molecule has 1 atom stereocenters. The molecule has 6 nitrogen and oxygen atoms in total. The first-order chi connectivity index (χ1) is 12.2. The van der Waals surface area contributed by atoms with E-state index in [1.165, 1.54) is 0 Å². The summed E-state index contributed by atoms with van der Waals surface area (Å²) < 4.78 is 16.6. The van der Waals surface area contributed by atoms with Crippen molar-refractivity contribution in [1.82, 2.24) is 9.88 Å². The number of oxazole rings is 1. The Balaban J connectivity index is 1.56. The molecule has 1 aromatic heterocycles. The van der Waals surface area contributed by atoms with Gasteiger partial charge in [0, 0.05) is 24.6 Å². The first kappa shape index (κ1) is 16.4. The predicted octanol–water partition coefficient (Wildman–Crippen LogP) is 3.04. The molecule has 4 rings (SSSR count). The Morgan fingerprint density at radius 3 is 3.08 bits per heavy atom. The zero-order valence-electron chi connectivity index (χ0n) is 14.0. The van der Waals surface area contributed by atoms with Crippen LogP contribution < -0.4 is 4.74 Å². The number of aromatic nitrogens is 1. The van der Waals surface area contributed by atoms with Gasteiger partial charge in [-0.1, -0.05) is 11.6 Å². The van der Waals surface area contributed by atoms with Gasteiger partial charge >= 0.3 is 0 Å². The van der Waals surface area contributed by atoms with Crippen molar-refractivity contribution in [3.8, 4) is 5.75 Å². The van der Waals surface area contributed by atoms with Crippen LogP contribution in [0.15, 0.2) is 22.6 Å². The van der Waals surface area contributed by atoms with E-state index in [1.54, 1.807) is 30.2 Å². The van der Waals surface area contributed by atoms with Gasteiger partial charge in [0.05, 0.1) is 31.7 Å². The third kappa shape index (κ3) is 3.12. The van der Waals surface area contributed by atoms with Gasteiger partial charge in [0.1, 0.15) is 17.2 Å². The number of hydrogen-bond donors (Lipinski definition) is 0. The Morgan fingerprint density at radius 2 is 2.32 bits per heavy atom. The molecule has 132 valence electrons. The van der Waals surface area contributed by atoms with E-state index in [9.17, 15) is 4.79 Å². The number of rotatable bonds is 3. The summed E-state index contributed by atoms with van der Waals surface area (Å²) in [6.45, 7) is 2.41. The van der Waals surface area contributed by atoms with Crippen molar-refractivity contribution in [2.45, 2.75) is 25.3 Å². The number of benzene rings is 1. The summed E-state index contributed by atoms with van der Waals surface area (Å²) in [7, 11) is 1.54. The standard InChI is InChI=1S/C18H19ClN2O4/c1-23-15-3-2-12(19)8-13(15)18(22)21-6-4-16-14(9-21)20-17(25-16)11-5-7-24-10-11/h2-3,8,11H,4-7,9-10H2,1H3. The minimum Gasteiger partial charge on any atom is -0.496 e. The van der Waals surface area contributed by atoms with Gasteiger partial charge in [0.15, 0.2) is 5.89 Å². The number of hydrogen-bond acceptors (Lipinski definition) is 5. The lowest BCUT2D eigenvalue weighted by atomic mass is 10.1. The third-order valence-corrected chi connectivity index (χ3v) is 4.94. The normalized spacial score (nSPS) is 19.8. The van der Waals surface area contributed by atoms with Crippen LogP contribution in [0.25, 0.3) is 0 Å². The first-order valence-electron chi connectivity index (χ1n) is 8.34. The molecular formula is C18H19ClN2O4. The molecule has 1 fully saturated rings. The largest absolute Gasteiger partial charge is 0.496 e. The maximum atomic E-state index is 12.9. The van der Waals surface area contributed by atoms with Crippen LogP contribution in [0.4, 0.5) is 0 Å². The maximum absolute atomic E-state index is 12.9. The Labute approximate surface area is 150 Å². The molecule has 0 saturated carbocycles. The summed E-state index contributed by atoms with van der Waals surface area (Å²) in [5.74, 6) is 2.24. The molecule has 0 bridgehead atoms. The Kier molecular flexibility index (Phi) is 4.39. The molecule has 0 N–H and O–H groups in total. The lowest BCUT2D eigenvalue weighted by molar-refractivity contribution is 0.0724. The SMILES string of the molecule is COc1ccc(Cl)cc1C(=O)N1CCc2oc(C3CCOC3)nc2C1. The van der Waals surface area contributed by atoms with Crippen LogP contribution >= 0.6 is 11.6 Å². The highest BCUT2D eigenvalue weighted by atomic mass is 35.5. The summed E-state index contributed by atoms with van der Waals surface area (Å²) in [4.78, 5) is 19.3. The van der Waals surface area contributed by atoms with Crippen LogP contribution in [-0.2, 0) is 17.7 Å². The van der Waals surface area contributed by atoms with Crippen molar-refractivity contribution in [2.24, 2.45) is 0 Å². The van der Waals surface area contributed by atoms with Gasteiger partial charge in [-0.25, -0.2) is 4.98 Å². The molecular weight excluding hydrogens is 344 g/mol. The van der Waals surface area contributed by atoms with Crippen LogP contribution in [0.5, 0.6) is 5.75 Å². The van der Waals surface area contributed by atoms with Crippen LogP contribution in [0.1, 0.15) is 40.0 Å². The molecule has 0 radical (unpaired) electrons. The highest BCUT2D eigenvalue weighted by Crippen LogP contribution is 2.30. The summed E-state index contributed by atoms with van der Waals surface area (Å²) >= 11 is 6.05. The summed E-state index contributed by atoms with van der Waals surface area (Å²) in [5.41, 5.74) is 1.30. The molecule has 3 heterocycles. The van der Waals surface area contributed by atoms with E-state index in [0.717, 1.165) is 30.4 Å². The number of carbonyl (C=O) groups is 1. The van der Waals surface area contributed by atoms with Gasteiger partial charge in [-0.15, -0.1) is 0 Å². The second kappa shape index (κ2) is 6.69. The molecule has 0 spiro atoms. The molecule has 1 unspecified atom stereocenters. The average Bonchev–Trinajstić information content (AvgIpc) is 3.29. The molecule has 25 heavy (non-hydrogen) atoms. The second-order valence-electron chi connectivity index (χ2n) is 6.30. The number of fused-ring (bicyclic) bond motifs is 1. The number of methoxy groups -OCH3 is 1. The van der Waals surface area contributed by atoms with Gasteiger partial charge in [-0.3, -0.25) is 4.79 Å². The van der Waals surface area contributed by atoms with Gasteiger partial charge in [0.2, 0.25) is 0 Å². The number of carbonyl (C=O) groups excluding carboxylic acids is 1. The summed E-state index contributed by atoms with van der Waals surface area (Å²) in [6.07, 6.45) is 1.59. The molecule has 2 aliphatic heterocycles. The Morgan fingerprint density at radius 1 is 1.44 bits per heavy atom. The van der Waals surface area contributed by atoms with Gasteiger partial charge in [0.25, 0.3) is 5.91 Å². The van der Waals surface area contributed by atoms with Crippen molar-refractivity contribution in [2.75, 3.05) is 26.9 Å². The quantitative estimate of drug-likeness (QED) is 0.839. The zero-order valence-corrected chi connectivity index (χ0v) is 14.7. The van der Waals surface area contributed by atoms with Crippen LogP contribution in [-0.4, -0.2) is 42.7 Å². The highest BCUT2D eigenvalue weighted by Gasteiger charge is 2.30. The van der Waals surface area contributed by atoms with Crippen LogP contribution in [0.2, 0.25) is 5.02 Å². The van der Waals surface area contributed by atoms with E-state index in [0.29, 0.717) is 42.5 Å². The minimum atomic E-state index is -0.112. The molecule has 1 amide bonds. The third-order valence-electron chi connectivity index (χ3n) is 4.70. The van der Waals surface area contributed by atoms with E-state index in [-0.39, 0.29) is 11.8 Å². The fourth-order valence-electron chi connectivity index (χ4n) is 3.31. The summed E-state index contributed by atoms with van der Waals surface area (Å²) in [6, 6.07) is 5.06. The first-order valence-corrected chi connectivity index (χ1v) is 8.72. The molecule has 0 aliphatic carbocycles. The monoisotopic (exact) mass is 362 g/mol. The van der Waals surface area contributed by atoms with Crippen molar-refractivity contribution < 1.29 is 18.7 Å². The van der Waals surface area contributed by atoms with Crippen molar-refractivity contribution >= 4 is 17.5 Å². The topological polar surface area (TPSA) is 64.8 Å². The smallest absolute Gasteiger partial charge is 0.258 e. The van der Waals surface area contributed by atoms with E-state index in [1.807, 2.05) is 0 Å². The molecule has 7 heteroatoms. The van der Waals surface area contributed by atoms with Gasteiger partial charge < -0.3 is 18.8 Å². The second-order valence-corrected chi connectivity index (χ2v) is 6.74. The van der Waals surface area contributed by atoms with Gasteiger partial charge in [-0.05, 0) is 24.6 Å². The van der Waals surface area contributed by atoms with Crippen molar-refractivity contribution in [1.29, 1.82) is 0 Å². The maximum Gasteiger partial charge on any atom is 0.258 e. The molecule has 2 aliphatic rings. The van der Waals surface area contributed by atoms with E-state index < -0.39 is 0 Å². The van der Waals surface area contributed by atoms with E-state index in [4.69, 9.17) is 25.5 Å². The lowest BCUT2D eigenvalue weighted by Crippen LogP contribution is -2.36. The average molecular weight is 363 g/mol. The van der Waals surface area contributed by atoms with Crippen LogP contribution in [0.3, 0.4) is 0 Å². The van der Waals surface area contributed by atoms with Gasteiger partial charge in [-0.2, -0.15) is 0 Å².